The Kier molecular flexibility index (Phi) is 11.1. The molecular weight excluding hydrogens is 386 g/mol. The van der Waals surface area contributed by atoms with Gasteiger partial charge in [0.25, 0.3) is 0 Å². The molecule has 0 aliphatic heterocycles. The molecule has 0 spiro atoms. The van der Waals surface area contributed by atoms with E-state index in [9.17, 15) is 14.4 Å². The van der Waals surface area contributed by atoms with E-state index in [4.69, 9.17) is 9.47 Å². The molecule has 2 N–H and O–H groups in total. The van der Waals surface area contributed by atoms with Crippen molar-refractivity contribution in [2.24, 2.45) is 0 Å². The zero-order valence-corrected chi connectivity index (χ0v) is 17.8. The minimum Gasteiger partial charge on any atom is -0.494 e. The highest BCUT2D eigenvalue weighted by atomic mass is 16.5. The van der Waals surface area contributed by atoms with Gasteiger partial charge in [0, 0.05) is 39.7 Å². The third-order valence-corrected chi connectivity index (χ3v) is 3.45. The number of anilines is 1. The predicted octanol–water partition coefficient (Wildman–Crippen LogP) is 3.05. The average molecular weight is 415 g/mol. The first-order chi connectivity index (χ1) is 14.3. The van der Waals surface area contributed by atoms with Crippen molar-refractivity contribution in [1.29, 1.82) is 0 Å². The topological polar surface area (TPSA) is 97.0 Å². The highest BCUT2D eigenvalue weighted by molar-refractivity contribution is 5.91. The molecule has 2 aromatic carbocycles. The number of hydrogen-bond donors (Lipinski definition) is 2. The molecule has 0 unspecified atom stereocenters. The molecule has 0 saturated heterocycles. The summed E-state index contributed by atoms with van der Waals surface area (Å²) in [7, 11) is 3.38. The van der Waals surface area contributed by atoms with Crippen LogP contribution in [-0.2, 0) is 14.4 Å². The quantitative estimate of drug-likeness (QED) is 0.614. The second kappa shape index (κ2) is 13.6. The zero-order valence-electron chi connectivity index (χ0n) is 17.8. The summed E-state index contributed by atoms with van der Waals surface area (Å²) in [5, 5.41) is 5.35. The van der Waals surface area contributed by atoms with Gasteiger partial charge in [-0.1, -0.05) is 0 Å². The second-order valence-electron chi connectivity index (χ2n) is 6.38. The van der Waals surface area contributed by atoms with Crippen molar-refractivity contribution in [3.63, 3.8) is 0 Å². The molecule has 0 heterocycles. The van der Waals surface area contributed by atoms with Gasteiger partial charge in [0.1, 0.15) is 17.2 Å². The Bertz CT molecular complexity index is 789. The summed E-state index contributed by atoms with van der Waals surface area (Å²) in [6, 6.07) is 14.5. The van der Waals surface area contributed by atoms with Crippen LogP contribution >= 0.6 is 0 Å². The average Bonchev–Trinajstić information content (AvgIpc) is 2.71. The number of rotatable bonds is 9. The fraction of sp³-hybridized carbons (Fsp3) is 0.318. The van der Waals surface area contributed by atoms with Crippen LogP contribution in [0.15, 0.2) is 48.5 Å². The summed E-state index contributed by atoms with van der Waals surface area (Å²) in [5.74, 6) is 1.86. The van der Waals surface area contributed by atoms with E-state index in [2.05, 4.69) is 10.6 Å². The van der Waals surface area contributed by atoms with Gasteiger partial charge in [-0.25, -0.2) is 0 Å². The van der Waals surface area contributed by atoms with Gasteiger partial charge in [-0.05, 0) is 55.5 Å². The van der Waals surface area contributed by atoms with Crippen LogP contribution in [-0.4, -0.2) is 50.4 Å². The SMILES string of the molecule is CCOc1ccc(Oc2ccc(NC(=O)CCNC(C)=O)cc2)cc1.CN(C)C=O. The number of carbonyl (C=O) groups excluding carboxylic acids is 3. The third kappa shape index (κ3) is 10.7. The molecule has 30 heavy (non-hydrogen) atoms. The molecule has 0 bridgehead atoms. The molecule has 0 aliphatic carbocycles. The maximum absolute atomic E-state index is 11.7. The van der Waals surface area contributed by atoms with Crippen LogP contribution in [0, 0.1) is 0 Å². The zero-order chi connectivity index (χ0) is 22.4. The van der Waals surface area contributed by atoms with E-state index in [0.717, 1.165) is 12.2 Å². The monoisotopic (exact) mass is 415 g/mol. The molecule has 3 amide bonds. The minimum absolute atomic E-state index is 0.149. The lowest BCUT2D eigenvalue weighted by molar-refractivity contribution is -0.119. The number of nitrogens with one attached hydrogen (secondary N) is 2. The Morgan fingerprint density at radius 3 is 1.93 bits per heavy atom. The molecular formula is C22H29N3O5. The molecule has 162 valence electrons. The van der Waals surface area contributed by atoms with Gasteiger partial charge in [-0.3, -0.25) is 14.4 Å². The lowest BCUT2D eigenvalue weighted by Gasteiger charge is -2.09. The summed E-state index contributed by atoms with van der Waals surface area (Å²) in [6.45, 7) is 4.30. The van der Waals surface area contributed by atoms with Gasteiger partial charge < -0.3 is 25.0 Å². The normalized spacial score (nSPS) is 9.47. The molecule has 8 nitrogen and oxygen atoms in total. The summed E-state index contributed by atoms with van der Waals surface area (Å²) < 4.78 is 11.1. The van der Waals surface area contributed by atoms with E-state index in [0.29, 0.717) is 30.3 Å². The molecule has 2 aromatic rings. The fourth-order valence-corrected chi connectivity index (χ4v) is 2.09. The predicted molar refractivity (Wildman–Crippen MR) is 116 cm³/mol. The standard InChI is InChI=1S/C19H22N2O4.C3H7NO/c1-3-24-16-8-10-18(11-9-16)25-17-6-4-15(5-7-17)21-19(23)12-13-20-14(2)22;1-4(2)3-5/h4-11H,3,12-13H2,1-2H3,(H,20,22)(H,21,23);3H,1-2H3. The maximum Gasteiger partial charge on any atom is 0.226 e. The Labute approximate surface area is 177 Å². The van der Waals surface area contributed by atoms with Crippen LogP contribution in [0.1, 0.15) is 20.3 Å². The number of ether oxygens (including phenoxy) is 2. The van der Waals surface area contributed by atoms with Crippen molar-refractivity contribution in [1.82, 2.24) is 10.2 Å². The van der Waals surface area contributed by atoms with Crippen LogP contribution in [0.25, 0.3) is 0 Å². The Balaban J connectivity index is 0.000000804. The Morgan fingerprint density at radius 1 is 0.967 bits per heavy atom. The van der Waals surface area contributed by atoms with Crippen LogP contribution in [0.3, 0.4) is 0 Å². The van der Waals surface area contributed by atoms with Gasteiger partial charge in [0.2, 0.25) is 18.2 Å². The van der Waals surface area contributed by atoms with Gasteiger partial charge in [0.05, 0.1) is 6.61 Å². The van der Waals surface area contributed by atoms with E-state index in [1.165, 1.54) is 11.8 Å². The van der Waals surface area contributed by atoms with E-state index in [1.807, 2.05) is 31.2 Å². The van der Waals surface area contributed by atoms with Crippen LogP contribution in [0.2, 0.25) is 0 Å². The lowest BCUT2D eigenvalue weighted by Crippen LogP contribution is -2.25. The van der Waals surface area contributed by atoms with Gasteiger partial charge in [0.15, 0.2) is 0 Å². The van der Waals surface area contributed by atoms with E-state index >= 15 is 0 Å². The summed E-state index contributed by atoms with van der Waals surface area (Å²) >= 11 is 0. The molecule has 0 saturated carbocycles. The van der Waals surface area contributed by atoms with Crippen molar-refractivity contribution in [3.05, 3.63) is 48.5 Å². The van der Waals surface area contributed by atoms with Crippen molar-refractivity contribution in [2.75, 3.05) is 32.6 Å². The van der Waals surface area contributed by atoms with E-state index in [-0.39, 0.29) is 18.2 Å². The molecule has 2 rings (SSSR count). The van der Waals surface area contributed by atoms with Crippen molar-refractivity contribution >= 4 is 23.9 Å². The van der Waals surface area contributed by atoms with Crippen LogP contribution in [0.5, 0.6) is 17.2 Å². The number of benzene rings is 2. The largest absolute Gasteiger partial charge is 0.494 e. The van der Waals surface area contributed by atoms with Crippen molar-refractivity contribution in [3.8, 4) is 17.2 Å². The first-order valence-electron chi connectivity index (χ1n) is 9.50. The highest BCUT2D eigenvalue weighted by Crippen LogP contribution is 2.25. The summed E-state index contributed by atoms with van der Waals surface area (Å²) in [5.41, 5.74) is 0.673. The van der Waals surface area contributed by atoms with Crippen LogP contribution in [0.4, 0.5) is 5.69 Å². The number of amides is 3. The highest BCUT2D eigenvalue weighted by Gasteiger charge is 2.04. The number of hydrogen-bond acceptors (Lipinski definition) is 5. The molecule has 8 heteroatoms. The first-order valence-corrected chi connectivity index (χ1v) is 9.50. The van der Waals surface area contributed by atoms with E-state index < -0.39 is 0 Å². The van der Waals surface area contributed by atoms with E-state index in [1.54, 1.807) is 38.4 Å². The molecule has 0 atom stereocenters. The number of nitrogens with zero attached hydrogens (tertiary/aromatic N) is 1. The Morgan fingerprint density at radius 2 is 1.47 bits per heavy atom. The summed E-state index contributed by atoms with van der Waals surface area (Å²) in [4.78, 5) is 33.4. The minimum atomic E-state index is -0.158. The third-order valence-electron chi connectivity index (χ3n) is 3.45. The van der Waals surface area contributed by atoms with Crippen molar-refractivity contribution in [2.45, 2.75) is 20.3 Å². The first kappa shape index (κ1) is 24.5. The van der Waals surface area contributed by atoms with Crippen molar-refractivity contribution < 1.29 is 23.9 Å². The van der Waals surface area contributed by atoms with Gasteiger partial charge in [-0.15, -0.1) is 0 Å². The second-order valence-corrected chi connectivity index (χ2v) is 6.38. The molecule has 0 aromatic heterocycles. The fourth-order valence-electron chi connectivity index (χ4n) is 2.09. The van der Waals surface area contributed by atoms with Crippen LogP contribution < -0.4 is 20.1 Å². The molecule has 0 fully saturated rings. The Hall–Kier alpha value is -3.55. The summed E-state index contributed by atoms with van der Waals surface area (Å²) in [6.07, 6.45) is 0.976. The smallest absolute Gasteiger partial charge is 0.226 e. The number of carbonyl (C=O) groups is 3. The molecule has 0 radical (unpaired) electrons. The lowest BCUT2D eigenvalue weighted by atomic mass is 10.2. The van der Waals surface area contributed by atoms with Gasteiger partial charge >= 0.3 is 0 Å². The maximum atomic E-state index is 11.7. The van der Waals surface area contributed by atoms with Gasteiger partial charge in [-0.2, -0.15) is 0 Å². The molecule has 0 aliphatic rings.